The van der Waals surface area contributed by atoms with E-state index in [0.29, 0.717) is 37.2 Å². The first-order valence-electron chi connectivity index (χ1n) is 7.51. The molecule has 6 nitrogen and oxygen atoms in total. The lowest BCUT2D eigenvalue weighted by Crippen LogP contribution is -2.33. The van der Waals surface area contributed by atoms with Gasteiger partial charge in [-0.3, -0.25) is 9.69 Å². The van der Waals surface area contributed by atoms with Crippen molar-refractivity contribution in [3.8, 4) is 5.75 Å². The number of hydrogen-bond acceptors (Lipinski definition) is 5. The molecule has 0 radical (unpaired) electrons. The number of carbonyl (C=O) groups excluding carboxylic acids is 1. The van der Waals surface area contributed by atoms with Crippen molar-refractivity contribution in [1.82, 2.24) is 9.88 Å². The van der Waals surface area contributed by atoms with Gasteiger partial charge in [0.1, 0.15) is 11.5 Å². The number of aromatic amines is 1. The molecule has 1 aliphatic heterocycles. The van der Waals surface area contributed by atoms with Crippen LogP contribution in [0.25, 0.3) is 0 Å². The predicted octanol–water partition coefficient (Wildman–Crippen LogP) is 1.56. The third-order valence-electron chi connectivity index (χ3n) is 4.17. The third-order valence-corrected chi connectivity index (χ3v) is 4.17. The Morgan fingerprint density at radius 2 is 2.04 bits per heavy atom. The molecule has 1 aromatic carbocycles. The molecule has 0 spiro atoms. The van der Waals surface area contributed by atoms with E-state index < -0.39 is 11.5 Å². The average molecular weight is 332 g/mol. The van der Waals surface area contributed by atoms with Crippen molar-refractivity contribution in [3.63, 3.8) is 0 Å². The zero-order valence-electron chi connectivity index (χ0n) is 13.1. The minimum atomic E-state index is -0.710. The number of fused-ring (bicyclic) bond motifs is 1. The highest BCUT2D eigenvalue weighted by atomic mass is 19.1. The van der Waals surface area contributed by atoms with Crippen LogP contribution in [0.15, 0.2) is 29.1 Å². The van der Waals surface area contributed by atoms with Gasteiger partial charge in [-0.2, -0.15) is 0 Å². The van der Waals surface area contributed by atoms with Crippen LogP contribution in [0.1, 0.15) is 27.2 Å². The van der Waals surface area contributed by atoms with Crippen molar-refractivity contribution in [2.24, 2.45) is 0 Å². The van der Waals surface area contributed by atoms with E-state index in [9.17, 15) is 19.1 Å². The maximum atomic E-state index is 13.0. The largest absolute Gasteiger partial charge is 0.503 e. The molecule has 24 heavy (non-hydrogen) atoms. The van der Waals surface area contributed by atoms with E-state index in [1.54, 1.807) is 12.1 Å². The Morgan fingerprint density at radius 1 is 1.33 bits per heavy atom. The summed E-state index contributed by atoms with van der Waals surface area (Å²) in [5, 5.41) is 10.1. The van der Waals surface area contributed by atoms with Gasteiger partial charge in [0.15, 0.2) is 5.75 Å². The molecule has 126 valence electrons. The summed E-state index contributed by atoms with van der Waals surface area (Å²) in [6.45, 7) is 1.52. The van der Waals surface area contributed by atoms with Crippen LogP contribution in [0.3, 0.4) is 0 Å². The molecular weight excluding hydrogens is 315 g/mol. The highest BCUT2D eigenvalue weighted by Crippen LogP contribution is 2.27. The van der Waals surface area contributed by atoms with Crippen LogP contribution in [0, 0.1) is 5.82 Å². The fraction of sp³-hybridized carbons (Fsp3) is 0.294. The smallest absolute Gasteiger partial charge is 0.354 e. The van der Waals surface area contributed by atoms with Crippen molar-refractivity contribution in [2.75, 3.05) is 13.7 Å². The number of ether oxygens (including phenoxy) is 1. The summed E-state index contributed by atoms with van der Waals surface area (Å²) in [5.74, 6) is -1.30. The first-order valence-corrected chi connectivity index (χ1v) is 7.51. The van der Waals surface area contributed by atoms with Gasteiger partial charge >= 0.3 is 5.97 Å². The number of rotatable bonds is 3. The van der Waals surface area contributed by atoms with Crippen LogP contribution in [0.2, 0.25) is 0 Å². The number of aromatic hydroxyl groups is 1. The zero-order chi connectivity index (χ0) is 17.3. The maximum Gasteiger partial charge on any atom is 0.354 e. The molecule has 1 aromatic heterocycles. The number of hydrogen-bond donors (Lipinski definition) is 2. The number of pyridine rings is 1. The molecule has 0 fully saturated rings. The van der Waals surface area contributed by atoms with E-state index in [1.165, 1.54) is 19.2 Å². The van der Waals surface area contributed by atoms with Gasteiger partial charge in [-0.05, 0) is 29.7 Å². The van der Waals surface area contributed by atoms with Gasteiger partial charge in [0.05, 0.1) is 7.11 Å². The fourth-order valence-corrected chi connectivity index (χ4v) is 2.96. The maximum absolute atomic E-state index is 13.0. The number of nitrogens with one attached hydrogen (secondary N) is 1. The molecular formula is C17H17FN2O4. The Bertz CT molecular complexity index is 830. The van der Waals surface area contributed by atoms with Crippen molar-refractivity contribution in [1.29, 1.82) is 0 Å². The first kappa shape index (κ1) is 16.2. The van der Waals surface area contributed by atoms with Crippen LogP contribution in [0.4, 0.5) is 4.39 Å². The van der Waals surface area contributed by atoms with E-state index in [2.05, 4.69) is 4.98 Å². The zero-order valence-corrected chi connectivity index (χ0v) is 13.1. The second-order valence-corrected chi connectivity index (χ2v) is 5.71. The first-order chi connectivity index (χ1) is 11.5. The third kappa shape index (κ3) is 3.03. The topological polar surface area (TPSA) is 82.6 Å². The van der Waals surface area contributed by atoms with Gasteiger partial charge < -0.3 is 14.8 Å². The monoisotopic (exact) mass is 332 g/mol. The number of carbonyl (C=O) groups is 1. The molecule has 2 N–H and O–H groups in total. The number of halogens is 1. The number of benzene rings is 1. The summed E-state index contributed by atoms with van der Waals surface area (Å²) in [4.78, 5) is 28.1. The van der Waals surface area contributed by atoms with Crippen molar-refractivity contribution in [3.05, 3.63) is 62.8 Å². The van der Waals surface area contributed by atoms with E-state index in [0.717, 1.165) is 5.56 Å². The van der Waals surface area contributed by atoms with Crippen LogP contribution in [-0.2, 0) is 24.2 Å². The number of nitrogens with zero attached hydrogens (tertiary/aromatic N) is 1. The van der Waals surface area contributed by atoms with Gasteiger partial charge in [-0.25, -0.2) is 9.18 Å². The number of esters is 1. The average Bonchev–Trinajstić information content (AvgIpc) is 2.59. The lowest BCUT2D eigenvalue weighted by molar-refractivity contribution is 0.0590. The van der Waals surface area contributed by atoms with Crippen molar-refractivity contribution >= 4 is 5.97 Å². The Balaban J connectivity index is 1.90. The SMILES string of the molecule is COC(=O)c1[nH]c(=O)c(O)c2c1CCN(Cc1ccc(F)cc1)C2. The number of H-pyrrole nitrogens is 1. The highest BCUT2D eigenvalue weighted by Gasteiger charge is 2.27. The molecule has 0 aliphatic carbocycles. The lowest BCUT2D eigenvalue weighted by atomic mass is 9.97. The molecule has 0 amide bonds. The fourth-order valence-electron chi connectivity index (χ4n) is 2.96. The molecule has 2 aromatic rings. The standard InChI is InChI=1S/C17H17FN2O4/c1-24-17(23)14-12-6-7-20(8-10-2-4-11(18)5-3-10)9-13(12)15(21)16(22)19-14/h2-5,21H,6-9H2,1H3,(H,19,22). The minimum Gasteiger partial charge on any atom is -0.503 e. The van der Waals surface area contributed by atoms with E-state index in [-0.39, 0.29) is 17.3 Å². The Labute approximate surface area is 137 Å². The quantitative estimate of drug-likeness (QED) is 0.834. The second-order valence-electron chi connectivity index (χ2n) is 5.71. The summed E-state index contributed by atoms with van der Waals surface area (Å²) in [7, 11) is 1.24. The highest BCUT2D eigenvalue weighted by molar-refractivity contribution is 5.89. The Hall–Kier alpha value is -2.67. The molecule has 2 heterocycles. The molecule has 0 unspecified atom stereocenters. The van der Waals surface area contributed by atoms with E-state index in [1.807, 2.05) is 4.90 Å². The number of aromatic nitrogens is 1. The van der Waals surface area contributed by atoms with E-state index in [4.69, 9.17) is 4.74 Å². The lowest BCUT2D eigenvalue weighted by Gasteiger charge is -2.29. The van der Waals surface area contributed by atoms with Crippen LogP contribution < -0.4 is 5.56 Å². The molecule has 3 rings (SSSR count). The van der Waals surface area contributed by atoms with Crippen LogP contribution in [-0.4, -0.2) is 34.6 Å². The molecule has 0 saturated carbocycles. The van der Waals surface area contributed by atoms with Gasteiger partial charge in [-0.1, -0.05) is 12.1 Å². The molecule has 1 aliphatic rings. The van der Waals surface area contributed by atoms with Crippen LogP contribution in [0.5, 0.6) is 5.75 Å². The molecule has 7 heteroatoms. The molecule has 0 atom stereocenters. The van der Waals surface area contributed by atoms with Gasteiger partial charge in [-0.15, -0.1) is 0 Å². The van der Waals surface area contributed by atoms with Crippen molar-refractivity contribution < 1.29 is 19.0 Å². The molecule has 0 bridgehead atoms. The van der Waals surface area contributed by atoms with Crippen LogP contribution >= 0.6 is 0 Å². The van der Waals surface area contributed by atoms with Gasteiger partial charge in [0.2, 0.25) is 0 Å². The predicted molar refractivity (Wildman–Crippen MR) is 84.3 cm³/mol. The summed E-state index contributed by atoms with van der Waals surface area (Å²) >= 11 is 0. The Morgan fingerprint density at radius 3 is 2.71 bits per heavy atom. The summed E-state index contributed by atoms with van der Waals surface area (Å²) in [6, 6.07) is 6.18. The number of methoxy groups -OCH3 is 1. The van der Waals surface area contributed by atoms with Gasteiger partial charge in [0.25, 0.3) is 5.56 Å². The normalized spacial score (nSPS) is 14.2. The second kappa shape index (κ2) is 6.45. The summed E-state index contributed by atoms with van der Waals surface area (Å²) in [6.07, 6.45) is 0.491. The Kier molecular flexibility index (Phi) is 4.35. The van der Waals surface area contributed by atoms with Crippen molar-refractivity contribution in [2.45, 2.75) is 19.5 Å². The van der Waals surface area contributed by atoms with E-state index >= 15 is 0 Å². The molecule has 0 saturated heterocycles. The summed E-state index contributed by atoms with van der Waals surface area (Å²) in [5.41, 5.74) is 1.36. The van der Waals surface area contributed by atoms with Gasteiger partial charge in [0, 0.05) is 25.2 Å². The minimum absolute atomic E-state index is 0.0942. The summed E-state index contributed by atoms with van der Waals surface area (Å²) < 4.78 is 17.7.